The van der Waals surface area contributed by atoms with E-state index in [9.17, 15) is 4.79 Å². The molecule has 0 radical (unpaired) electrons. The third kappa shape index (κ3) is 8.34. The maximum atomic E-state index is 11.5. The third-order valence-electron chi connectivity index (χ3n) is 2.47. The van der Waals surface area contributed by atoms with Crippen LogP contribution in [0.1, 0.15) is 39.5 Å². The van der Waals surface area contributed by atoms with Gasteiger partial charge in [0.1, 0.15) is 0 Å². The molecule has 16 heavy (non-hydrogen) atoms. The van der Waals surface area contributed by atoms with E-state index in [2.05, 4.69) is 24.2 Å². The molecule has 0 heterocycles. The molecule has 1 unspecified atom stereocenters. The molecule has 1 N–H and O–H groups in total. The van der Waals surface area contributed by atoms with Gasteiger partial charge in [0.15, 0.2) is 0 Å². The van der Waals surface area contributed by atoms with Crippen molar-refractivity contribution in [3.63, 3.8) is 0 Å². The summed E-state index contributed by atoms with van der Waals surface area (Å²) in [5, 5.41) is 2.76. The first-order chi connectivity index (χ1) is 7.59. The molecule has 2 nitrogen and oxygen atoms in total. The summed E-state index contributed by atoms with van der Waals surface area (Å²) in [6, 6.07) is 0. The van der Waals surface area contributed by atoms with Gasteiger partial charge in [0.25, 0.3) is 0 Å². The number of carbonyl (C=O) groups is 1. The fraction of sp³-hybridized carbons (Fsp3) is 0.917. The van der Waals surface area contributed by atoms with E-state index in [1.54, 1.807) is 0 Å². The van der Waals surface area contributed by atoms with Crippen molar-refractivity contribution >= 4 is 30.3 Å². The lowest BCUT2D eigenvalue weighted by atomic mass is 10.1. The Morgan fingerprint density at radius 2 is 1.88 bits per heavy atom. The zero-order valence-electron chi connectivity index (χ0n) is 10.7. The Balaban J connectivity index is 3.34. The first-order valence-electron chi connectivity index (χ1n) is 6.04. The van der Waals surface area contributed by atoms with E-state index in [0.717, 1.165) is 13.0 Å². The second-order valence-corrected chi connectivity index (χ2v) is 5.93. The van der Waals surface area contributed by atoms with Crippen LogP contribution in [0.5, 0.6) is 0 Å². The zero-order valence-corrected chi connectivity index (χ0v) is 12.4. The molecule has 96 valence electrons. The molecule has 4 heteroatoms. The fourth-order valence-electron chi connectivity index (χ4n) is 1.34. The van der Waals surface area contributed by atoms with Crippen LogP contribution in [0.2, 0.25) is 0 Å². The topological polar surface area (TPSA) is 29.1 Å². The van der Waals surface area contributed by atoms with Crippen molar-refractivity contribution in [3.8, 4) is 0 Å². The Bertz CT molecular complexity index is 186. The Kier molecular flexibility index (Phi) is 10.4. The van der Waals surface area contributed by atoms with Gasteiger partial charge in [-0.05, 0) is 30.8 Å². The lowest BCUT2D eigenvalue weighted by Gasteiger charge is -2.14. The third-order valence-corrected chi connectivity index (χ3v) is 4.00. The average molecular weight is 263 g/mol. The SMILES string of the molecule is CSCCCCCCNC(=O)C(S)C(C)C. The molecule has 0 rings (SSSR count). The van der Waals surface area contributed by atoms with Crippen LogP contribution in [0.4, 0.5) is 0 Å². The Morgan fingerprint density at radius 3 is 2.44 bits per heavy atom. The monoisotopic (exact) mass is 263 g/mol. The number of thiol groups is 1. The molecule has 0 aliphatic rings. The Hall–Kier alpha value is 0.170. The lowest BCUT2D eigenvalue weighted by molar-refractivity contribution is -0.121. The molecule has 0 aromatic rings. The second kappa shape index (κ2) is 10.3. The summed E-state index contributed by atoms with van der Waals surface area (Å²) in [5.41, 5.74) is 0. The van der Waals surface area contributed by atoms with Gasteiger partial charge in [0, 0.05) is 6.54 Å². The molecule has 0 aromatic carbocycles. The summed E-state index contributed by atoms with van der Waals surface area (Å²) < 4.78 is 0. The predicted molar refractivity (Wildman–Crippen MR) is 77.5 cm³/mol. The molecule has 0 bridgehead atoms. The molecule has 0 aliphatic carbocycles. The molecule has 0 saturated carbocycles. The highest BCUT2D eigenvalue weighted by Gasteiger charge is 2.16. The molecule has 1 amide bonds. The van der Waals surface area contributed by atoms with Gasteiger partial charge in [-0.15, -0.1) is 0 Å². The van der Waals surface area contributed by atoms with Crippen LogP contribution in [0.3, 0.4) is 0 Å². The van der Waals surface area contributed by atoms with E-state index < -0.39 is 0 Å². The van der Waals surface area contributed by atoms with Crippen LogP contribution in [-0.2, 0) is 4.79 Å². The number of amides is 1. The number of carbonyl (C=O) groups excluding carboxylic acids is 1. The van der Waals surface area contributed by atoms with Gasteiger partial charge in [-0.25, -0.2) is 0 Å². The number of rotatable bonds is 9. The minimum Gasteiger partial charge on any atom is -0.355 e. The van der Waals surface area contributed by atoms with Gasteiger partial charge < -0.3 is 5.32 Å². The minimum atomic E-state index is -0.170. The van der Waals surface area contributed by atoms with Crippen molar-refractivity contribution in [2.45, 2.75) is 44.8 Å². The van der Waals surface area contributed by atoms with Crippen molar-refractivity contribution in [2.75, 3.05) is 18.6 Å². The van der Waals surface area contributed by atoms with E-state index in [1.807, 2.05) is 25.6 Å². The molecule has 0 saturated heterocycles. The first kappa shape index (κ1) is 16.2. The van der Waals surface area contributed by atoms with Gasteiger partial charge in [-0.2, -0.15) is 24.4 Å². The largest absolute Gasteiger partial charge is 0.355 e. The molecule has 0 fully saturated rings. The van der Waals surface area contributed by atoms with Crippen LogP contribution in [0, 0.1) is 5.92 Å². The number of hydrogen-bond acceptors (Lipinski definition) is 3. The normalized spacial score (nSPS) is 12.8. The van der Waals surface area contributed by atoms with E-state index in [-0.39, 0.29) is 11.2 Å². The summed E-state index contributed by atoms with van der Waals surface area (Å²) in [4.78, 5) is 11.5. The van der Waals surface area contributed by atoms with Crippen LogP contribution >= 0.6 is 24.4 Å². The van der Waals surface area contributed by atoms with Gasteiger partial charge in [-0.3, -0.25) is 4.79 Å². The Morgan fingerprint density at radius 1 is 1.25 bits per heavy atom. The maximum Gasteiger partial charge on any atom is 0.233 e. The molecule has 0 aromatic heterocycles. The highest BCUT2D eigenvalue weighted by molar-refractivity contribution is 7.98. The number of unbranched alkanes of at least 4 members (excludes halogenated alkanes) is 3. The molecule has 0 aliphatic heterocycles. The highest BCUT2D eigenvalue weighted by Crippen LogP contribution is 2.08. The highest BCUT2D eigenvalue weighted by atomic mass is 32.2. The van der Waals surface area contributed by atoms with Crippen molar-refractivity contribution in [3.05, 3.63) is 0 Å². The second-order valence-electron chi connectivity index (χ2n) is 4.39. The van der Waals surface area contributed by atoms with E-state index in [4.69, 9.17) is 0 Å². The summed E-state index contributed by atoms with van der Waals surface area (Å²) in [5.74, 6) is 1.62. The maximum absolute atomic E-state index is 11.5. The molecule has 1 atom stereocenters. The van der Waals surface area contributed by atoms with Crippen LogP contribution < -0.4 is 5.32 Å². The quantitative estimate of drug-likeness (QED) is 0.495. The number of hydrogen-bond donors (Lipinski definition) is 2. The minimum absolute atomic E-state index is 0.0717. The van der Waals surface area contributed by atoms with Gasteiger partial charge >= 0.3 is 0 Å². The van der Waals surface area contributed by atoms with E-state index in [1.165, 1.54) is 25.0 Å². The average Bonchev–Trinajstić information content (AvgIpc) is 2.26. The summed E-state index contributed by atoms with van der Waals surface area (Å²) >= 11 is 6.17. The standard InChI is InChI=1S/C12H25NOS2/c1-10(2)11(15)12(14)13-8-6-4-5-7-9-16-3/h10-11,15H,4-9H2,1-3H3,(H,13,14). The van der Waals surface area contributed by atoms with Crippen molar-refractivity contribution in [1.29, 1.82) is 0 Å². The van der Waals surface area contributed by atoms with Crippen molar-refractivity contribution in [2.24, 2.45) is 5.92 Å². The van der Waals surface area contributed by atoms with Crippen molar-refractivity contribution < 1.29 is 4.79 Å². The van der Waals surface area contributed by atoms with Gasteiger partial charge in [0.05, 0.1) is 5.25 Å². The smallest absolute Gasteiger partial charge is 0.233 e. The first-order valence-corrected chi connectivity index (χ1v) is 7.95. The predicted octanol–water partition coefficient (Wildman–Crippen LogP) is 2.98. The zero-order chi connectivity index (χ0) is 12.4. The van der Waals surface area contributed by atoms with E-state index in [0.29, 0.717) is 5.92 Å². The van der Waals surface area contributed by atoms with E-state index >= 15 is 0 Å². The van der Waals surface area contributed by atoms with Gasteiger partial charge in [-0.1, -0.05) is 26.7 Å². The number of nitrogens with one attached hydrogen (secondary N) is 1. The fourth-order valence-corrected chi connectivity index (χ4v) is 1.93. The Labute approximate surface area is 110 Å². The molecule has 0 spiro atoms. The summed E-state index contributed by atoms with van der Waals surface area (Å²) in [7, 11) is 0. The number of thioether (sulfide) groups is 1. The summed E-state index contributed by atoms with van der Waals surface area (Å²) in [6.07, 6.45) is 6.99. The van der Waals surface area contributed by atoms with Crippen molar-refractivity contribution in [1.82, 2.24) is 5.32 Å². The molecular weight excluding hydrogens is 238 g/mol. The van der Waals surface area contributed by atoms with Crippen LogP contribution in [0.25, 0.3) is 0 Å². The van der Waals surface area contributed by atoms with Crippen LogP contribution in [-0.4, -0.2) is 29.7 Å². The van der Waals surface area contributed by atoms with Gasteiger partial charge in [0.2, 0.25) is 5.91 Å². The lowest BCUT2D eigenvalue weighted by Crippen LogP contribution is -2.34. The summed E-state index contributed by atoms with van der Waals surface area (Å²) in [6.45, 7) is 4.82. The molecular formula is C12H25NOS2. The van der Waals surface area contributed by atoms with Crippen LogP contribution in [0.15, 0.2) is 0 Å².